The van der Waals surface area contributed by atoms with E-state index in [-0.39, 0.29) is 5.91 Å². The fourth-order valence-corrected chi connectivity index (χ4v) is 3.51. The Balaban J connectivity index is 1.32. The number of nitrogens with one attached hydrogen (secondary N) is 1. The minimum atomic E-state index is -0.0596. The lowest BCUT2D eigenvalue weighted by Gasteiger charge is -2.32. The molecule has 2 N–H and O–H groups in total. The van der Waals surface area contributed by atoms with Gasteiger partial charge in [-0.2, -0.15) is 0 Å². The molecule has 1 aliphatic rings. The molecule has 1 aromatic carbocycles. The number of aryl methyl sites for hydroxylation is 1. The molecule has 0 spiro atoms. The van der Waals surface area contributed by atoms with Gasteiger partial charge in [0.05, 0.1) is 5.56 Å². The lowest BCUT2D eigenvalue weighted by Crippen LogP contribution is -2.39. The molecular formula is C21H27N3O2. The van der Waals surface area contributed by atoms with E-state index in [4.69, 9.17) is 0 Å². The summed E-state index contributed by atoms with van der Waals surface area (Å²) in [5.74, 6) is 1.07. The molecule has 1 aliphatic heterocycles. The molecule has 5 nitrogen and oxygen atoms in total. The number of hydrogen-bond acceptors (Lipinski definition) is 4. The number of nitrogens with zero attached hydrogens (tertiary/aromatic N) is 2. The normalized spacial score (nSPS) is 15.7. The number of benzene rings is 1. The van der Waals surface area contributed by atoms with Crippen molar-refractivity contribution in [2.24, 2.45) is 5.92 Å². The number of aromatic hydroxyl groups is 1. The number of likely N-dealkylation sites (tertiary alicyclic amines) is 1. The van der Waals surface area contributed by atoms with Gasteiger partial charge in [0.25, 0.3) is 5.91 Å². The van der Waals surface area contributed by atoms with Crippen molar-refractivity contribution in [3.05, 3.63) is 59.9 Å². The fourth-order valence-electron chi connectivity index (χ4n) is 3.51. The van der Waals surface area contributed by atoms with Crippen molar-refractivity contribution in [3.8, 4) is 5.75 Å². The molecule has 1 saturated heterocycles. The summed E-state index contributed by atoms with van der Waals surface area (Å²) in [5, 5.41) is 12.8. The van der Waals surface area contributed by atoms with Gasteiger partial charge >= 0.3 is 0 Å². The SMILES string of the molecule is O=C(NCCN1CCC(CCc2ccccc2O)CC1)c1cccnc1. The molecule has 1 amide bonds. The predicted octanol–water partition coefficient (Wildman–Crippen LogP) is 2.86. The largest absolute Gasteiger partial charge is 0.508 e. The lowest BCUT2D eigenvalue weighted by molar-refractivity contribution is 0.0943. The number of hydrogen-bond donors (Lipinski definition) is 2. The Morgan fingerprint density at radius 2 is 2.00 bits per heavy atom. The Morgan fingerprint density at radius 1 is 1.19 bits per heavy atom. The molecule has 0 saturated carbocycles. The summed E-state index contributed by atoms with van der Waals surface area (Å²) in [6.45, 7) is 3.71. The maximum Gasteiger partial charge on any atom is 0.252 e. The Kier molecular flexibility index (Phi) is 6.61. The minimum Gasteiger partial charge on any atom is -0.508 e. The molecule has 2 heterocycles. The predicted molar refractivity (Wildman–Crippen MR) is 102 cm³/mol. The number of para-hydroxylation sites is 1. The number of carbonyl (C=O) groups excluding carboxylic acids is 1. The Morgan fingerprint density at radius 3 is 2.73 bits per heavy atom. The van der Waals surface area contributed by atoms with Crippen LogP contribution < -0.4 is 5.32 Å². The van der Waals surface area contributed by atoms with Gasteiger partial charge in [-0.15, -0.1) is 0 Å². The number of phenols is 1. The van der Waals surface area contributed by atoms with Gasteiger partial charge in [-0.1, -0.05) is 18.2 Å². The third-order valence-corrected chi connectivity index (χ3v) is 5.16. The first-order valence-electron chi connectivity index (χ1n) is 9.40. The molecule has 1 aromatic heterocycles. The van der Waals surface area contributed by atoms with Crippen LogP contribution in [0.2, 0.25) is 0 Å². The highest BCUT2D eigenvalue weighted by Crippen LogP contribution is 2.25. The molecule has 26 heavy (non-hydrogen) atoms. The second kappa shape index (κ2) is 9.34. The van der Waals surface area contributed by atoms with Crippen molar-refractivity contribution >= 4 is 5.91 Å². The summed E-state index contributed by atoms with van der Waals surface area (Å²) >= 11 is 0. The van der Waals surface area contributed by atoms with Crippen molar-refractivity contribution in [2.75, 3.05) is 26.2 Å². The van der Waals surface area contributed by atoms with E-state index >= 15 is 0 Å². The first kappa shape index (κ1) is 18.4. The summed E-state index contributed by atoms with van der Waals surface area (Å²) < 4.78 is 0. The maximum atomic E-state index is 12.0. The summed E-state index contributed by atoms with van der Waals surface area (Å²) in [5.41, 5.74) is 1.66. The third kappa shape index (κ3) is 5.30. The number of phenolic OH excluding ortho intramolecular Hbond substituents is 1. The number of amides is 1. The highest BCUT2D eigenvalue weighted by atomic mass is 16.3. The summed E-state index contributed by atoms with van der Waals surface area (Å²) in [6, 6.07) is 11.2. The molecule has 2 aromatic rings. The zero-order valence-corrected chi connectivity index (χ0v) is 15.1. The van der Waals surface area contributed by atoms with Crippen LogP contribution in [0.5, 0.6) is 5.75 Å². The van der Waals surface area contributed by atoms with Crippen molar-refractivity contribution < 1.29 is 9.90 Å². The van der Waals surface area contributed by atoms with E-state index in [9.17, 15) is 9.90 Å². The Hall–Kier alpha value is -2.40. The number of pyridine rings is 1. The van der Waals surface area contributed by atoms with E-state index in [0.29, 0.717) is 17.9 Å². The van der Waals surface area contributed by atoms with Crippen LogP contribution in [0, 0.1) is 5.92 Å². The van der Waals surface area contributed by atoms with E-state index in [1.807, 2.05) is 18.2 Å². The third-order valence-electron chi connectivity index (χ3n) is 5.16. The molecule has 5 heteroatoms. The number of piperidine rings is 1. The highest BCUT2D eigenvalue weighted by molar-refractivity contribution is 5.93. The first-order valence-corrected chi connectivity index (χ1v) is 9.40. The minimum absolute atomic E-state index is 0.0596. The van der Waals surface area contributed by atoms with Crippen LogP contribution in [0.1, 0.15) is 35.2 Å². The molecular weight excluding hydrogens is 326 g/mol. The van der Waals surface area contributed by atoms with Crippen LogP contribution in [0.4, 0.5) is 0 Å². The average Bonchev–Trinajstić information content (AvgIpc) is 2.69. The van der Waals surface area contributed by atoms with Gasteiger partial charge in [0.1, 0.15) is 5.75 Å². The number of rotatable bonds is 7. The Labute approximate surface area is 155 Å². The fraction of sp³-hybridized carbons (Fsp3) is 0.429. The summed E-state index contributed by atoms with van der Waals surface area (Å²) in [4.78, 5) is 18.4. The quantitative estimate of drug-likeness (QED) is 0.803. The molecule has 0 bridgehead atoms. The van der Waals surface area contributed by atoms with Crippen molar-refractivity contribution in [1.29, 1.82) is 0 Å². The van der Waals surface area contributed by atoms with Gasteiger partial charge in [0.15, 0.2) is 0 Å². The van der Waals surface area contributed by atoms with E-state index in [1.54, 1.807) is 30.6 Å². The highest BCUT2D eigenvalue weighted by Gasteiger charge is 2.19. The van der Waals surface area contributed by atoms with E-state index in [2.05, 4.69) is 15.2 Å². The average molecular weight is 353 g/mol. The van der Waals surface area contributed by atoms with Crippen molar-refractivity contribution in [1.82, 2.24) is 15.2 Å². The van der Waals surface area contributed by atoms with Gasteiger partial charge < -0.3 is 15.3 Å². The first-order chi connectivity index (χ1) is 12.7. The number of aromatic nitrogens is 1. The zero-order chi connectivity index (χ0) is 18.2. The zero-order valence-electron chi connectivity index (χ0n) is 15.1. The second-order valence-electron chi connectivity index (χ2n) is 6.95. The standard InChI is InChI=1S/C21H27N3O2/c25-20-6-2-1-4-18(20)8-7-17-9-13-24(14-10-17)15-12-23-21(26)19-5-3-11-22-16-19/h1-6,11,16-17,25H,7-10,12-15H2,(H,23,26). The maximum absolute atomic E-state index is 12.0. The van der Waals surface area contributed by atoms with E-state index < -0.39 is 0 Å². The smallest absolute Gasteiger partial charge is 0.252 e. The van der Waals surface area contributed by atoms with Crippen LogP contribution in [0.3, 0.4) is 0 Å². The molecule has 0 unspecified atom stereocenters. The van der Waals surface area contributed by atoms with Crippen LogP contribution >= 0.6 is 0 Å². The monoisotopic (exact) mass is 353 g/mol. The van der Waals surface area contributed by atoms with Crippen molar-refractivity contribution in [3.63, 3.8) is 0 Å². The molecule has 0 radical (unpaired) electrons. The topological polar surface area (TPSA) is 65.5 Å². The van der Waals surface area contributed by atoms with Gasteiger partial charge in [-0.05, 0) is 68.5 Å². The summed E-state index contributed by atoms with van der Waals surface area (Å²) in [7, 11) is 0. The lowest BCUT2D eigenvalue weighted by atomic mass is 9.90. The van der Waals surface area contributed by atoms with E-state index in [0.717, 1.165) is 44.0 Å². The van der Waals surface area contributed by atoms with Crippen LogP contribution in [0.15, 0.2) is 48.8 Å². The molecule has 0 atom stereocenters. The number of carbonyl (C=O) groups is 1. The molecule has 3 rings (SSSR count). The van der Waals surface area contributed by atoms with Crippen LogP contribution in [-0.4, -0.2) is 47.1 Å². The van der Waals surface area contributed by atoms with Gasteiger partial charge in [-0.25, -0.2) is 0 Å². The van der Waals surface area contributed by atoms with E-state index in [1.165, 1.54) is 12.8 Å². The molecule has 0 aliphatic carbocycles. The van der Waals surface area contributed by atoms with Crippen molar-refractivity contribution in [2.45, 2.75) is 25.7 Å². The second-order valence-corrected chi connectivity index (χ2v) is 6.95. The van der Waals surface area contributed by atoms with Crippen LogP contribution in [-0.2, 0) is 6.42 Å². The van der Waals surface area contributed by atoms with Gasteiger partial charge in [-0.3, -0.25) is 9.78 Å². The molecule has 1 fully saturated rings. The van der Waals surface area contributed by atoms with Crippen LogP contribution in [0.25, 0.3) is 0 Å². The van der Waals surface area contributed by atoms with Gasteiger partial charge in [0, 0.05) is 25.5 Å². The molecule has 138 valence electrons. The van der Waals surface area contributed by atoms with Gasteiger partial charge in [0.2, 0.25) is 0 Å². The Bertz CT molecular complexity index is 697. The summed E-state index contributed by atoms with van der Waals surface area (Å²) in [6.07, 6.45) is 7.70.